The number of benzene rings is 2. The van der Waals surface area contributed by atoms with Crippen LogP contribution in [-0.4, -0.2) is 67.7 Å². The van der Waals surface area contributed by atoms with Gasteiger partial charge < -0.3 is 24.6 Å². The van der Waals surface area contributed by atoms with Crippen LogP contribution in [0.25, 0.3) is 5.70 Å². The zero-order chi connectivity index (χ0) is 26.4. The fourth-order valence-electron chi connectivity index (χ4n) is 4.24. The number of rotatable bonds is 10. The fraction of sp³-hybridized carbons (Fsp3) is 0.321. The van der Waals surface area contributed by atoms with Crippen LogP contribution < -0.4 is 10.1 Å². The maximum atomic E-state index is 13.5. The van der Waals surface area contributed by atoms with Crippen molar-refractivity contribution in [3.63, 3.8) is 0 Å². The molecule has 37 heavy (non-hydrogen) atoms. The minimum absolute atomic E-state index is 0.0843. The van der Waals surface area contributed by atoms with E-state index < -0.39 is 12.0 Å². The average molecular weight is 521 g/mol. The molecular weight excluding hydrogens is 488 g/mol. The van der Waals surface area contributed by atoms with E-state index in [1.165, 1.54) is 11.8 Å². The second kappa shape index (κ2) is 12.1. The summed E-state index contributed by atoms with van der Waals surface area (Å²) in [4.78, 5) is 35.2. The van der Waals surface area contributed by atoms with Gasteiger partial charge in [-0.1, -0.05) is 54.2 Å². The average Bonchev–Trinajstić information content (AvgIpc) is 3.30. The van der Waals surface area contributed by atoms with Crippen molar-refractivity contribution in [3.05, 3.63) is 82.4 Å². The van der Waals surface area contributed by atoms with Crippen molar-refractivity contribution in [2.45, 2.75) is 19.4 Å². The highest BCUT2D eigenvalue weighted by atomic mass is 32.2. The Bertz CT molecular complexity index is 1220. The van der Waals surface area contributed by atoms with Crippen LogP contribution in [-0.2, 0) is 14.3 Å². The highest BCUT2D eigenvalue weighted by Crippen LogP contribution is 2.47. The Morgan fingerprint density at radius 3 is 2.49 bits per heavy atom. The van der Waals surface area contributed by atoms with Gasteiger partial charge in [0.05, 0.1) is 37.4 Å². The molecule has 0 saturated heterocycles. The molecule has 0 saturated carbocycles. The van der Waals surface area contributed by atoms with E-state index in [4.69, 9.17) is 14.5 Å². The van der Waals surface area contributed by atoms with Crippen LogP contribution in [0.3, 0.4) is 0 Å². The van der Waals surface area contributed by atoms with Crippen LogP contribution >= 0.6 is 11.8 Å². The van der Waals surface area contributed by atoms with Crippen molar-refractivity contribution in [2.24, 2.45) is 4.99 Å². The van der Waals surface area contributed by atoms with Crippen LogP contribution in [0.2, 0.25) is 0 Å². The molecule has 0 radical (unpaired) electrons. The SMILES string of the molecule is CCOC(=O)C1=C(c2ccccc2)N=C2SC=C(CC(=O)NCCN(C)C)N2C1c1ccc(OC)cc1. The molecule has 1 atom stereocenters. The number of ether oxygens (including phenoxy) is 2. The van der Waals surface area contributed by atoms with E-state index in [1.807, 2.05) is 83.9 Å². The van der Waals surface area contributed by atoms with Crippen LogP contribution in [0, 0.1) is 0 Å². The molecule has 0 fully saturated rings. The van der Waals surface area contributed by atoms with Crippen molar-refractivity contribution in [1.82, 2.24) is 15.1 Å². The largest absolute Gasteiger partial charge is 0.497 e. The second-order valence-corrected chi connectivity index (χ2v) is 9.68. The first-order valence-electron chi connectivity index (χ1n) is 12.2. The Kier molecular flexibility index (Phi) is 8.68. The molecule has 2 aromatic rings. The van der Waals surface area contributed by atoms with Crippen molar-refractivity contribution in [2.75, 3.05) is 40.9 Å². The van der Waals surface area contributed by atoms with Gasteiger partial charge in [0.15, 0.2) is 5.17 Å². The monoisotopic (exact) mass is 520 g/mol. The number of hydrogen-bond donors (Lipinski definition) is 1. The second-order valence-electron chi connectivity index (χ2n) is 8.85. The molecule has 1 amide bonds. The number of fused-ring (bicyclic) bond motifs is 1. The third-order valence-corrected chi connectivity index (χ3v) is 6.90. The lowest BCUT2D eigenvalue weighted by molar-refractivity contribution is -0.139. The fourth-order valence-corrected chi connectivity index (χ4v) is 5.15. The van der Waals surface area contributed by atoms with Gasteiger partial charge in [-0.3, -0.25) is 4.79 Å². The molecule has 2 aliphatic heterocycles. The van der Waals surface area contributed by atoms with Crippen molar-refractivity contribution < 1.29 is 19.1 Å². The zero-order valence-corrected chi connectivity index (χ0v) is 22.4. The number of methoxy groups -OCH3 is 1. The molecule has 9 heteroatoms. The predicted octanol–water partition coefficient (Wildman–Crippen LogP) is 4.04. The molecule has 0 aromatic heterocycles. The molecule has 0 spiro atoms. The lowest BCUT2D eigenvalue weighted by Crippen LogP contribution is -2.38. The Morgan fingerprint density at radius 2 is 1.84 bits per heavy atom. The summed E-state index contributed by atoms with van der Waals surface area (Å²) >= 11 is 1.45. The smallest absolute Gasteiger partial charge is 0.338 e. The maximum absolute atomic E-state index is 13.5. The predicted molar refractivity (Wildman–Crippen MR) is 147 cm³/mol. The van der Waals surface area contributed by atoms with Gasteiger partial charge in [0, 0.05) is 24.4 Å². The minimum Gasteiger partial charge on any atom is -0.497 e. The molecule has 8 nitrogen and oxygen atoms in total. The van der Waals surface area contributed by atoms with E-state index in [-0.39, 0.29) is 18.9 Å². The lowest BCUT2D eigenvalue weighted by atomic mass is 9.91. The first-order chi connectivity index (χ1) is 17.9. The van der Waals surface area contributed by atoms with Gasteiger partial charge in [-0.2, -0.15) is 0 Å². The zero-order valence-electron chi connectivity index (χ0n) is 21.6. The third-order valence-electron chi connectivity index (χ3n) is 6.01. The van der Waals surface area contributed by atoms with Gasteiger partial charge in [0.2, 0.25) is 5.91 Å². The Morgan fingerprint density at radius 1 is 1.11 bits per heavy atom. The number of amidine groups is 1. The normalized spacial score (nSPS) is 16.8. The van der Waals surface area contributed by atoms with Gasteiger partial charge in [-0.05, 0) is 44.1 Å². The van der Waals surface area contributed by atoms with Crippen molar-refractivity contribution in [3.8, 4) is 5.75 Å². The minimum atomic E-state index is -0.525. The highest BCUT2D eigenvalue weighted by Gasteiger charge is 2.42. The first kappa shape index (κ1) is 26.5. The van der Waals surface area contributed by atoms with Gasteiger partial charge in [0.1, 0.15) is 5.75 Å². The number of nitrogens with one attached hydrogen (secondary N) is 1. The summed E-state index contributed by atoms with van der Waals surface area (Å²) in [6, 6.07) is 16.7. The number of likely N-dealkylation sites (N-methyl/N-ethyl adjacent to an activating group) is 1. The molecular formula is C28H32N4O4S. The number of carbonyl (C=O) groups excluding carboxylic acids is 2. The number of amides is 1. The molecule has 1 unspecified atom stereocenters. The molecule has 0 bridgehead atoms. The molecule has 1 N–H and O–H groups in total. The number of nitrogens with zero attached hydrogens (tertiary/aromatic N) is 3. The van der Waals surface area contributed by atoms with E-state index in [0.29, 0.717) is 28.7 Å². The van der Waals surface area contributed by atoms with Crippen LogP contribution in [0.5, 0.6) is 5.75 Å². The first-order valence-corrected chi connectivity index (χ1v) is 13.1. The summed E-state index contributed by atoms with van der Waals surface area (Å²) < 4.78 is 10.9. The van der Waals surface area contributed by atoms with Crippen LogP contribution in [0.4, 0.5) is 0 Å². The summed E-state index contributed by atoms with van der Waals surface area (Å²) in [6.45, 7) is 3.33. The molecule has 2 aromatic carbocycles. The molecule has 194 valence electrons. The van der Waals surface area contributed by atoms with E-state index >= 15 is 0 Å². The summed E-state index contributed by atoms with van der Waals surface area (Å²) in [7, 11) is 5.54. The van der Waals surface area contributed by atoms with Crippen molar-refractivity contribution in [1.29, 1.82) is 0 Å². The number of carbonyl (C=O) groups is 2. The maximum Gasteiger partial charge on any atom is 0.338 e. The van der Waals surface area contributed by atoms with E-state index in [0.717, 1.165) is 23.4 Å². The number of esters is 1. The quantitative estimate of drug-likeness (QED) is 0.474. The number of thioether (sulfide) groups is 1. The molecule has 4 rings (SSSR count). The standard InChI is InChI=1S/C28H32N4O4S/c1-5-36-27(34)24-25(19-9-7-6-8-10-19)30-28-32(26(24)20-11-13-22(35-4)14-12-20)21(18-37-28)17-23(33)29-15-16-31(2)3/h6-14,18,26H,5,15-17H2,1-4H3,(H,29,33). The van der Waals surface area contributed by atoms with Crippen LogP contribution in [0.1, 0.15) is 30.5 Å². The lowest BCUT2D eigenvalue weighted by Gasteiger charge is -2.36. The summed E-state index contributed by atoms with van der Waals surface area (Å²) in [6.07, 6.45) is 0.170. The third kappa shape index (κ3) is 6.06. The Balaban J connectivity index is 1.77. The van der Waals surface area contributed by atoms with E-state index in [9.17, 15) is 9.59 Å². The summed E-state index contributed by atoms with van der Waals surface area (Å²) in [5.74, 6) is 0.195. The number of aliphatic imine (C=N–C) groups is 1. The summed E-state index contributed by atoms with van der Waals surface area (Å²) in [5.41, 5.74) is 3.48. The Labute approximate surface area is 222 Å². The van der Waals surface area contributed by atoms with Gasteiger partial charge in [0.25, 0.3) is 0 Å². The number of hydrogen-bond acceptors (Lipinski definition) is 8. The van der Waals surface area contributed by atoms with E-state index in [2.05, 4.69) is 5.32 Å². The van der Waals surface area contributed by atoms with Gasteiger partial charge in [-0.15, -0.1) is 0 Å². The van der Waals surface area contributed by atoms with Gasteiger partial charge in [-0.25, -0.2) is 9.79 Å². The van der Waals surface area contributed by atoms with E-state index in [1.54, 1.807) is 14.0 Å². The van der Waals surface area contributed by atoms with Crippen LogP contribution in [0.15, 0.2) is 76.3 Å². The Hall–Kier alpha value is -3.56. The topological polar surface area (TPSA) is 83.5 Å². The van der Waals surface area contributed by atoms with Crippen molar-refractivity contribution >= 4 is 34.5 Å². The van der Waals surface area contributed by atoms with Gasteiger partial charge >= 0.3 is 5.97 Å². The highest BCUT2D eigenvalue weighted by molar-refractivity contribution is 8.16. The molecule has 2 heterocycles. The molecule has 0 aliphatic carbocycles. The summed E-state index contributed by atoms with van der Waals surface area (Å²) in [5, 5.41) is 5.63. The molecule has 2 aliphatic rings.